The van der Waals surface area contributed by atoms with Gasteiger partial charge in [0.2, 0.25) is 5.91 Å². The van der Waals surface area contributed by atoms with E-state index in [1.807, 2.05) is 6.92 Å². The van der Waals surface area contributed by atoms with E-state index in [1.54, 1.807) is 20.0 Å². The van der Waals surface area contributed by atoms with Crippen LogP contribution in [0.15, 0.2) is 0 Å². The Morgan fingerprint density at radius 1 is 1.57 bits per heavy atom. The molecule has 2 N–H and O–H groups in total. The number of carbonyl (C=O) groups is 1. The van der Waals surface area contributed by atoms with Crippen molar-refractivity contribution in [2.75, 3.05) is 13.7 Å². The predicted octanol–water partition coefficient (Wildman–Crippen LogP) is 0.317. The third-order valence-corrected chi connectivity index (χ3v) is 1.73. The van der Waals surface area contributed by atoms with E-state index in [0.717, 1.165) is 6.42 Å². The van der Waals surface area contributed by atoms with Crippen LogP contribution in [0.2, 0.25) is 0 Å². The summed E-state index contributed by atoms with van der Waals surface area (Å²) in [6.07, 6.45) is 3.59. The average Bonchev–Trinajstić information content (AvgIpc) is 2.12. The van der Waals surface area contributed by atoms with Crippen molar-refractivity contribution in [2.45, 2.75) is 32.4 Å². The molecule has 0 bridgehead atoms. The molecule has 14 heavy (non-hydrogen) atoms. The van der Waals surface area contributed by atoms with Gasteiger partial charge in [-0.3, -0.25) is 4.79 Å². The molecular formula is C10H19NO3. The van der Waals surface area contributed by atoms with Crippen LogP contribution in [0.1, 0.15) is 20.3 Å². The summed E-state index contributed by atoms with van der Waals surface area (Å²) >= 11 is 0. The highest BCUT2D eigenvalue weighted by atomic mass is 16.5. The van der Waals surface area contributed by atoms with E-state index in [1.165, 1.54) is 6.92 Å². The lowest BCUT2D eigenvalue weighted by Gasteiger charge is -2.22. The smallest absolute Gasteiger partial charge is 0.217 e. The minimum atomic E-state index is -0.654. The number of nitrogens with one attached hydrogen (secondary N) is 1. The molecule has 0 aromatic carbocycles. The second-order valence-electron chi connectivity index (χ2n) is 3.05. The summed E-state index contributed by atoms with van der Waals surface area (Å²) in [4.78, 5) is 10.8. The maximum absolute atomic E-state index is 10.8. The fraction of sp³-hybridized carbons (Fsp3) is 0.700. The number of rotatable bonds is 7. The molecule has 2 unspecified atom stereocenters. The highest BCUT2D eigenvalue weighted by Gasteiger charge is 2.19. The van der Waals surface area contributed by atoms with Crippen molar-refractivity contribution in [3.05, 3.63) is 12.8 Å². The molecule has 1 amide bonds. The van der Waals surface area contributed by atoms with Crippen LogP contribution in [-0.4, -0.2) is 36.9 Å². The fourth-order valence-electron chi connectivity index (χ4n) is 1.11. The quantitative estimate of drug-likeness (QED) is 0.623. The Hall–Kier alpha value is -0.610. The monoisotopic (exact) mass is 201 g/mol. The minimum Gasteiger partial charge on any atom is -0.391 e. The largest absolute Gasteiger partial charge is 0.391 e. The van der Waals surface area contributed by atoms with Gasteiger partial charge in [0, 0.05) is 20.5 Å². The Balaban J connectivity index is 4.00. The Morgan fingerprint density at radius 3 is 2.64 bits per heavy atom. The van der Waals surface area contributed by atoms with Crippen LogP contribution in [0, 0.1) is 12.8 Å². The Kier molecular flexibility index (Phi) is 7.42. The number of hydrogen-bond donors (Lipinski definition) is 2. The van der Waals surface area contributed by atoms with Crippen molar-refractivity contribution in [3.63, 3.8) is 0 Å². The summed E-state index contributed by atoms with van der Waals surface area (Å²) in [6, 6.07) is -0.368. The molecule has 0 heterocycles. The van der Waals surface area contributed by atoms with E-state index in [2.05, 4.69) is 5.32 Å². The Labute approximate surface area is 85.6 Å². The standard InChI is InChI=1S/C10H19NO3/c1-4-5-10(13)9(6-7-14-3)11-8(2)12/h5-6,9-10,13H,4,7H2,1-3H3,(H,11,12). The second-order valence-corrected chi connectivity index (χ2v) is 3.05. The summed E-state index contributed by atoms with van der Waals surface area (Å²) in [5.41, 5.74) is 0. The molecule has 0 aliphatic heterocycles. The summed E-state index contributed by atoms with van der Waals surface area (Å²) in [6.45, 7) is 3.76. The molecule has 0 aliphatic carbocycles. The molecule has 2 radical (unpaired) electrons. The lowest BCUT2D eigenvalue weighted by atomic mass is 10.0. The van der Waals surface area contributed by atoms with Crippen molar-refractivity contribution in [3.8, 4) is 0 Å². The van der Waals surface area contributed by atoms with Gasteiger partial charge in [-0.2, -0.15) is 0 Å². The highest BCUT2D eigenvalue weighted by Crippen LogP contribution is 2.04. The van der Waals surface area contributed by atoms with Gasteiger partial charge in [0.25, 0.3) is 0 Å². The Morgan fingerprint density at radius 2 is 2.21 bits per heavy atom. The first-order chi connectivity index (χ1) is 6.61. The van der Waals surface area contributed by atoms with Crippen molar-refractivity contribution in [2.24, 2.45) is 0 Å². The van der Waals surface area contributed by atoms with Gasteiger partial charge in [-0.1, -0.05) is 13.3 Å². The molecule has 0 aliphatic rings. The SMILES string of the molecule is CC[CH]C(O)C([CH]COC)NC(C)=O. The summed E-state index contributed by atoms with van der Waals surface area (Å²) in [7, 11) is 1.57. The number of aliphatic hydroxyl groups is 1. The minimum absolute atomic E-state index is 0.161. The zero-order chi connectivity index (χ0) is 11.0. The van der Waals surface area contributed by atoms with Crippen LogP contribution < -0.4 is 5.32 Å². The molecular weight excluding hydrogens is 182 g/mol. The second kappa shape index (κ2) is 7.76. The first-order valence-electron chi connectivity index (χ1n) is 4.72. The van der Waals surface area contributed by atoms with E-state index in [0.29, 0.717) is 6.61 Å². The third kappa shape index (κ3) is 5.94. The topological polar surface area (TPSA) is 58.6 Å². The molecule has 4 nitrogen and oxygen atoms in total. The fourth-order valence-corrected chi connectivity index (χ4v) is 1.11. The van der Waals surface area contributed by atoms with Crippen LogP contribution in [0.4, 0.5) is 0 Å². The van der Waals surface area contributed by atoms with Crippen LogP contribution in [0.5, 0.6) is 0 Å². The van der Waals surface area contributed by atoms with Gasteiger partial charge >= 0.3 is 0 Å². The lowest BCUT2D eigenvalue weighted by Crippen LogP contribution is -2.43. The van der Waals surface area contributed by atoms with Crippen molar-refractivity contribution < 1.29 is 14.6 Å². The van der Waals surface area contributed by atoms with E-state index >= 15 is 0 Å². The van der Waals surface area contributed by atoms with Gasteiger partial charge in [-0.25, -0.2) is 0 Å². The van der Waals surface area contributed by atoms with Gasteiger partial charge in [0.15, 0.2) is 0 Å². The predicted molar refractivity (Wildman–Crippen MR) is 54.4 cm³/mol. The molecule has 0 saturated carbocycles. The molecule has 0 rings (SSSR count). The first-order valence-corrected chi connectivity index (χ1v) is 4.72. The third-order valence-electron chi connectivity index (χ3n) is 1.73. The highest BCUT2D eigenvalue weighted by molar-refractivity contribution is 5.73. The molecule has 82 valence electrons. The van der Waals surface area contributed by atoms with E-state index in [-0.39, 0.29) is 11.9 Å². The van der Waals surface area contributed by atoms with Gasteiger partial charge in [0.1, 0.15) is 0 Å². The molecule has 0 spiro atoms. The number of methoxy groups -OCH3 is 1. The van der Waals surface area contributed by atoms with Gasteiger partial charge < -0.3 is 15.2 Å². The van der Waals surface area contributed by atoms with Crippen LogP contribution in [0.25, 0.3) is 0 Å². The molecule has 0 aromatic rings. The number of ether oxygens (including phenoxy) is 1. The molecule has 4 heteroatoms. The summed E-state index contributed by atoms with van der Waals surface area (Å²) in [5.74, 6) is -0.161. The zero-order valence-corrected chi connectivity index (χ0v) is 8.99. The number of hydrogen-bond acceptors (Lipinski definition) is 3. The first kappa shape index (κ1) is 13.4. The summed E-state index contributed by atoms with van der Waals surface area (Å²) in [5, 5.41) is 12.3. The van der Waals surface area contributed by atoms with Crippen LogP contribution in [-0.2, 0) is 9.53 Å². The molecule has 0 fully saturated rings. The number of amides is 1. The lowest BCUT2D eigenvalue weighted by molar-refractivity contribution is -0.120. The van der Waals surface area contributed by atoms with Gasteiger partial charge in [-0.05, 0) is 6.42 Å². The van der Waals surface area contributed by atoms with E-state index < -0.39 is 6.10 Å². The zero-order valence-electron chi connectivity index (χ0n) is 8.99. The molecule has 0 saturated heterocycles. The van der Waals surface area contributed by atoms with Crippen LogP contribution >= 0.6 is 0 Å². The number of aliphatic hydroxyl groups excluding tert-OH is 1. The van der Waals surface area contributed by atoms with E-state index in [9.17, 15) is 9.90 Å². The number of carbonyl (C=O) groups excluding carboxylic acids is 1. The van der Waals surface area contributed by atoms with E-state index in [4.69, 9.17) is 4.74 Å². The van der Waals surface area contributed by atoms with Crippen molar-refractivity contribution >= 4 is 5.91 Å². The van der Waals surface area contributed by atoms with Gasteiger partial charge in [-0.15, -0.1) is 0 Å². The maximum atomic E-state index is 10.8. The maximum Gasteiger partial charge on any atom is 0.217 e. The van der Waals surface area contributed by atoms with Gasteiger partial charge in [0.05, 0.1) is 18.8 Å². The van der Waals surface area contributed by atoms with Crippen LogP contribution in [0.3, 0.4) is 0 Å². The average molecular weight is 201 g/mol. The Bertz CT molecular complexity index is 161. The van der Waals surface area contributed by atoms with Crippen molar-refractivity contribution in [1.29, 1.82) is 0 Å². The van der Waals surface area contributed by atoms with Crippen molar-refractivity contribution in [1.82, 2.24) is 5.32 Å². The summed E-state index contributed by atoms with van der Waals surface area (Å²) < 4.78 is 4.85. The molecule has 2 atom stereocenters. The molecule has 0 aromatic heterocycles. The normalized spacial score (nSPS) is 14.9.